The van der Waals surface area contributed by atoms with Crippen LogP contribution >= 0.6 is 0 Å². The summed E-state index contributed by atoms with van der Waals surface area (Å²) < 4.78 is 10.7. The van der Waals surface area contributed by atoms with E-state index in [1.165, 1.54) is 11.1 Å². The molecule has 156 valence electrons. The highest BCUT2D eigenvalue weighted by Crippen LogP contribution is 2.24. The van der Waals surface area contributed by atoms with Gasteiger partial charge in [0.1, 0.15) is 11.5 Å². The average molecular weight is 397 g/mol. The highest BCUT2D eigenvalue weighted by molar-refractivity contribution is 5.79. The Balaban J connectivity index is 1.40. The molecule has 1 aliphatic rings. The fourth-order valence-corrected chi connectivity index (χ4v) is 3.65. The summed E-state index contributed by atoms with van der Waals surface area (Å²) in [6.45, 7) is 4.81. The van der Waals surface area contributed by atoms with E-state index in [2.05, 4.69) is 44.8 Å². The molecule has 1 aliphatic heterocycles. The van der Waals surface area contributed by atoms with E-state index in [0.29, 0.717) is 6.54 Å². The topological polar surface area (TPSA) is 58.1 Å². The second kappa shape index (κ2) is 10.7. The molecule has 0 atom stereocenters. The number of nitrogens with zero attached hydrogens (tertiary/aromatic N) is 2. The molecule has 0 saturated heterocycles. The molecule has 0 fully saturated rings. The van der Waals surface area contributed by atoms with Gasteiger partial charge in [-0.05, 0) is 36.1 Å². The van der Waals surface area contributed by atoms with Gasteiger partial charge in [0, 0.05) is 51.4 Å². The van der Waals surface area contributed by atoms with Crippen molar-refractivity contribution in [2.24, 2.45) is 4.99 Å². The maximum absolute atomic E-state index is 5.46. The Morgan fingerprint density at radius 1 is 1.07 bits per heavy atom. The first kappa shape index (κ1) is 21.0. The van der Waals surface area contributed by atoms with Crippen molar-refractivity contribution in [3.8, 4) is 11.5 Å². The lowest BCUT2D eigenvalue weighted by Crippen LogP contribution is -2.39. The number of hydrogen-bond acceptors (Lipinski definition) is 4. The number of benzene rings is 2. The first-order chi connectivity index (χ1) is 14.2. The summed E-state index contributed by atoms with van der Waals surface area (Å²) in [5.41, 5.74) is 4.03. The zero-order chi connectivity index (χ0) is 20.5. The van der Waals surface area contributed by atoms with Crippen LogP contribution in [-0.2, 0) is 19.5 Å². The first-order valence-corrected chi connectivity index (χ1v) is 10.2. The van der Waals surface area contributed by atoms with E-state index in [1.807, 2.05) is 18.2 Å². The second-order valence-corrected chi connectivity index (χ2v) is 7.18. The van der Waals surface area contributed by atoms with Gasteiger partial charge in [-0.1, -0.05) is 24.3 Å². The molecule has 0 saturated carbocycles. The van der Waals surface area contributed by atoms with Crippen LogP contribution in [0, 0.1) is 0 Å². The third kappa shape index (κ3) is 5.87. The summed E-state index contributed by atoms with van der Waals surface area (Å²) in [4.78, 5) is 6.85. The van der Waals surface area contributed by atoms with Crippen LogP contribution in [0.5, 0.6) is 11.5 Å². The van der Waals surface area contributed by atoms with Gasteiger partial charge in [0.15, 0.2) is 5.96 Å². The molecule has 0 spiro atoms. The molecule has 29 heavy (non-hydrogen) atoms. The Morgan fingerprint density at radius 3 is 2.66 bits per heavy atom. The highest BCUT2D eigenvalue weighted by Gasteiger charge is 2.14. The molecule has 0 unspecified atom stereocenters. The van der Waals surface area contributed by atoms with E-state index in [0.717, 1.165) is 62.0 Å². The average Bonchev–Trinajstić information content (AvgIpc) is 2.78. The van der Waals surface area contributed by atoms with Gasteiger partial charge in [-0.15, -0.1) is 0 Å². The van der Waals surface area contributed by atoms with Crippen molar-refractivity contribution in [2.75, 3.05) is 40.9 Å². The minimum atomic E-state index is 0.635. The summed E-state index contributed by atoms with van der Waals surface area (Å²) in [6.07, 6.45) is 2.23. The summed E-state index contributed by atoms with van der Waals surface area (Å²) in [6, 6.07) is 14.6. The molecule has 2 aromatic rings. The van der Waals surface area contributed by atoms with Crippen LogP contribution in [-0.4, -0.2) is 51.8 Å². The monoisotopic (exact) mass is 396 g/mol. The number of aliphatic imine (C=N–C) groups is 1. The van der Waals surface area contributed by atoms with Gasteiger partial charge in [0.2, 0.25) is 0 Å². The van der Waals surface area contributed by atoms with Crippen LogP contribution in [0.25, 0.3) is 0 Å². The number of nitrogens with one attached hydrogen (secondary N) is 2. The second-order valence-electron chi connectivity index (χ2n) is 7.18. The molecule has 0 bridgehead atoms. The molecule has 0 aliphatic carbocycles. The molecular formula is C23H32N4O2. The number of fused-ring (bicyclic) bond motifs is 1. The molecule has 1 heterocycles. The van der Waals surface area contributed by atoms with Crippen molar-refractivity contribution in [3.63, 3.8) is 0 Å². The minimum Gasteiger partial charge on any atom is -0.497 e. The highest BCUT2D eigenvalue weighted by atomic mass is 16.5. The van der Waals surface area contributed by atoms with Crippen LogP contribution in [0.4, 0.5) is 0 Å². The van der Waals surface area contributed by atoms with E-state index in [9.17, 15) is 0 Å². The summed E-state index contributed by atoms with van der Waals surface area (Å²) in [7, 11) is 5.12. The molecule has 6 heteroatoms. The zero-order valence-electron chi connectivity index (χ0n) is 17.7. The predicted molar refractivity (Wildman–Crippen MR) is 118 cm³/mol. The Morgan fingerprint density at radius 2 is 1.90 bits per heavy atom. The van der Waals surface area contributed by atoms with Gasteiger partial charge < -0.3 is 20.1 Å². The van der Waals surface area contributed by atoms with Gasteiger partial charge >= 0.3 is 0 Å². The van der Waals surface area contributed by atoms with E-state index < -0.39 is 0 Å². The smallest absolute Gasteiger partial charge is 0.191 e. The summed E-state index contributed by atoms with van der Waals surface area (Å²) in [5.74, 6) is 2.39. The number of guanidine groups is 1. The lowest BCUT2D eigenvalue weighted by molar-refractivity contribution is 0.251. The number of hydrogen-bond donors (Lipinski definition) is 2. The van der Waals surface area contributed by atoms with E-state index in [1.54, 1.807) is 21.3 Å². The molecule has 0 radical (unpaired) electrons. The molecule has 2 N–H and O–H groups in total. The van der Waals surface area contributed by atoms with Crippen LogP contribution in [0.15, 0.2) is 47.5 Å². The lowest BCUT2D eigenvalue weighted by Gasteiger charge is -2.28. The Bertz CT molecular complexity index is 822. The predicted octanol–water partition coefficient (Wildman–Crippen LogP) is 2.82. The zero-order valence-corrected chi connectivity index (χ0v) is 17.7. The molecule has 6 nitrogen and oxygen atoms in total. The molecule has 0 amide bonds. The minimum absolute atomic E-state index is 0.635. The van der Waals surface area contributed by atoms with Gasteiger partial charge in [-0.25, -0.2) is 0 Å². The molecular weight excluding hydrogens is 364 g/mol. The Labute approximate surface area is 173 Å². The molecule has 3 rings (SSSR count). The number of rotatable bonds is 8. The molecule has 0 aromatic heterocycles. The fourth-order valence-electron chi connectivity index (χ4n) is 3.65. The van der Waals surface area contributed by atoms with Crippen molar-refractivity contribution >= 4 is 5.96 Å². The van der Waals surface area contributed by atoms with Crippen molar-refractivity contribution in [2.45, 2.75) is 25.9 Å². The number of methoxy groups -OCH3 is 2. The first-order valence-electron chi connectivity index (χ1n) is 10.2. The lowest BCUT2D eigenvalue weighted by atomic mass is 10.00. The quantitative estimate of drug-likeness (QED) is 0.408. The standard InChI is InChI=1S/C23H32N4O2/c1-24-23(26-16-19-9-10-21(28-2)15-22(19)29-3)25-12-6-13-27-14-11-18-7-4-5-8-20(18)17-27/h4-5,7-10,15H,6,11-14,16-17H2,1-3H3,(H2,24,25,26). The third-order valence-corrected chi connectivity index (χ3v) is 5.32. The van der Waals surface area contributed by atoms with Crippen LogP contribution in [0.3, 0.4) is 0 Å². The Kier molecular flexibility index (Phi) is 7.76. The van der Waals surface area contributed by atoms with Crippen molar-refractivity contribution in [3.05, 3.63) is 59.2 Å². The van der Waals surface area contributed by atoms with Gasteiger partial charge in [0.05, 0.1) is 14.2 Å². The maximum Gasteiger partial charge on any atom is 0.191 e. The van der Waals surface area contributed by atoms with Crippen molar-refractivity contribution in [1.29, 1.82) is 0 Å². The van der Waals surface area contributed by atoms with Gasteiger partial charge in [0.25, 0.3) is 0 Å². The van der Waals surface area contributed by atoms with E-state index >= 15 is 0 Å². The van der Waals surface area contributed by atoms with Gasteiger partial charge in [-0.2, -0.15) is 0 Å². The van der Waals surface area contributed by atoms with Crippen LogP contribution < -0.4 is 20.1 Å². The van der Waals surface area contributed by atoms with Crippen molar-refractivity contribution in [1.82, 2.24) is 15.5 Å². The fraction of sp³-hybridized carbons (Fsp3) is 0.435. The summed E-state index contributed by atoms with van der Waals surface area (Å²) >= 11 is 0. The van der Waals surface area contributed by atoms with Crippen LogP contribution in [0.1, 0.15) is 23.1 Å². The Hall–Kier alpha value is -2.73. The maximum atomic E-state index is 5.46. The van der Waals surface area contributed by atoms with Gasteiger partial charge in [-0.3, -0.25) is 9.89 Å². The normalized spacial score (nSPS) is 14.2. The van der Waals surface area contributed by atoms with E-state index in [-0.39, 0.29) is 0 Å². The third-order valence-electron chi connectivity index (χ3n) is 5.32. The SMILES string of the molecule is CN=C(NCCCN1CCc2ccccc2C1)NCc1ccc(OC)cc1OC. The number of ether oxygens (including phenoxy) is 2. The van der Waals surface area contributed by atoms with Crippen molar-refractivity contribution < 1.29 is 9.47 Å². The largest absolute Gasteiger partial charge is 0.497 e. The summed E-state index contributed by atoms with van der Waals surface area (Å²) in [5, 5.41) is 6.76. The van der Waals surface area contributed by atoms with Crippen LogP contribution in [0.2, 0.25) is 0 Å². The molecule has 2 aromatic carbocycles. The van der Waals surface area contributed by atoms with E-state index in [4.69, 9.17) is 9.47 Å².